The molecule has 0 amide bonds. The number of rotatable bonds is 8. The molecule has 2 unspecified atom stereocenters. The maximum atomic E-state index is 11.5. The third-order valence-electron chi connectivity index (χ3n) is 2.90. The van der Waals surface area contributed by atoms with E-state index in [-0.39, 0.29) is 6.42 Å². The van der Waals surface area contributed by atoms with E-state index >= 15 is 0 Å². The zero-order valence-corrected chi connectivity index (χ0v) is 9.61. The fourth-order valence-corrected chi connectivity index (χ4v) is 1.69. The molecule has 0 aliphatic carbocycles. The van der Waals surface area contributed by atoms with Gasteiger partial charge in [0.1, 0.15) is 6.61 Å². The lowest BCUT2D eigenvalue weighted by Crippen LogP contribution is -2.36. The van der Waals surface area contributed by atoms with Crippen LogP contribution in [0.15, 0.2) is 0 Å². The number of carbonyl (C=O) groups is 1. The molecule has 0 radical (unpaired) electrons. The van der Waals surface area contributed by atoms with Crippen molar-refractivity contribution < 1.29 is 24.9 Å². The van der Waals surface area contributed by atoms with Crippen LogP contribution in [0.5, 0.6) is 0 Å². The summed E-state index contributed by atoms with van der Waals surface area (Å²) in [6.45, 7) is 1.33. The zero-order chi connectivity index (χ0) is 12.2. The third kappa shape index (κ3) is 2.60. The fraction of sp³-hybridized carbons (Fsp3) is 0.909. The molecular weight excluding hydrogens is 212 g/mol. The average Bonchev–Trinajstić information content (AvgIpc) is 2.84. The van der Waals surface area contributed by atoms with E-state index in [4.69, 9.17) is 5.11 Å². The minimum absolute atomic E-state index is 0.169. The standard InChI is InChI=1S/C11H20O5/c1-2-3-4-5-6-7-9(13)11(15)10(14,8-12)16-11/h12,14-15H,2-8H2,1H3. The van der Waals surface area contributed by atoms with Gasteiger partial charge in [0.25, 0.3) is 11.6 Å². The Morgan fingerprint density at radius 1 is 1.19 bits per heavy atom. The highest BCUT2D eigenvalue weighted by Crippen LogP contribution is 2.44. The molecule has 5 nitrogen and oxygen atoms in total. The smallest absolute Gasteiger partial charge is 0.287 e. The van der Waals surface area contributed by atoms with E-state index in [2.05, 4.69) is 11.7 Å². The predicted molar refractivity (Wildman–Crippen MR) is 56.5 cm³/mol. The summed E-state index contributed by atoms with van der Waals surface area (Å²) in [7, 11) is 0. The summed E-state index contributed by atoms with van der Waals surface area (Å²) in [6, 6.07) is 0. The van der Waals surface area contributed by atoms with Gasteiger partial charge in [-0.15, -0.1) is 0 Å². The van der Waals surface area contributed by atoms with Crippen molar-refractivity contribution in [3.63, 3.8) is 0 Å². The molecule has 0 bridgehead atoms. The van der Waals surface area contributed by atoms with E-state index < -0.39 is 24.0 Å². The molecule has 0 saturated carbocycles. The maximum absolute atomic E-state index is 11.5. The van der Waals surface area contributed by atoms with Crippen molar-refractivity contribution in [1.29, 1.82) is 0 Å². The van der Waals surface area contributed by atoms with Gasteiger partial charge in [0.2, 0.25) is 0 Å². The third-order valence-corrected chi connectivity index (χ3v) is 2.90. The predicted octanol–water partition coefficient (Wildman–Crippen LogP) is 0.316. The molecule has 16 heavy (non-hydrogen) atoms. The molecule has 0 aromatic carbocycles. The Morgan fingerprint density at radius 3 is 2.31 bits per heavy atom. The Morgan fingerprint density at radius 2 is 1.81 bits per heavy atom. The van der Waals surface area contributed by atoms with Crippen LogP contribution < -0.4 is 0 Å². The minimum atomic E-state index is -2.17. The van der Waals surface area contributed by atoms with Gasteiger partial charge in [-0.1, -0.05) is 32.6 Å². The van der Waals surface area contributed by atoms with Crippen LogP contribution in [0.3, 0.4) is 0 Å². The molecule has 3 N–H and O–H groups in total. The quantitative estimate of drug-likeness (QED) is 0.414. The molecule has 1 aliphatic rings. The summed E-state index contributed by atoms with van der Waals surface area (Å²) in [5.41, 5.74) is 0. The second-order valence-electron chi connectivity index (χ2n) is 4.28. The molecule has 0 spiro atoms. The summed E-state index contributed by atoms with van der Waals surface area (Å²) in [5.74, 6) is -4.81. The van der Waals surface area contributed by atoms with E-state index in [0.29, 0.717) is 6.42 Å². The van der Waals surface area contributed by atoms with Crippen molar-refractivity contribution in [3.8, 4) is 0 Å². The van der Waals surface area contributed by atoms with Gasteiger partial charge in [-0.3, -0.25) is 9.53 Å². The first-order chi connectivity index (χ1) is 7.50. The van der Waals surface area contributed by atoms with Gasteiger partial charge in [0.05, 0.1) is 0 Å². The van der Waals surface area contributed by atoms with Crippen molar-refractivity contribution in [2.45, 2.75) is 57.0 Å². The van der Waals surface area contributed by atoms with Crippen LogP contribution in [0.25, 0.3) is 0 Å². The number of aliphatic hydroxyl groups excluding tert-OH is 1. The molecule has 1 aliphatic heterocycles. The Balaban J connectivity index is 2.22. The molecule has 2 atom stereocenters. The summed E-state index contributed by atoms with van der Waals surface area (Å²) in [6.07, 6.45) is 5.09. The lowest BCUT2D eigenvalue weighted by molar-refractivity contribution is -0.138. The van der Waals surface area contributed by atoms with Crippen molar-refractivity contribution in [3.05, 3.63) is 0 Å². The van der Waals surface area contributed by atoms with Crippen molar-refractivity contribution in [2.24, 2.45) is 0 Å². The first kappa shape index (κ1) is 13.6. The van der Waals surface area contributed by atoms with Gasteiger partial charge in [-0.25, -0.2) is 0 Å². The monoisotopic (exact) mass is 232 g/mol. The summed E-state index contributed by atoms with van der Waals surface area (Å²) in [5, 5.41) is 27.6. The summed E-state index contributed by atoms with van der Waals surface area (Å²) >= 11 is 0. The lowest BCUT2D eigenvalue weighted by atomic mass is 10.0. The molecule has 1 rings (SSSR count). The van der Waals surface area contributed by atoms with Gasteiger partial charge in [0, 0.05) is 6.42 Å². The normalized spacial score (nSPS) is 32.8. The highest BCUT2D eigenvalue weighted by molar-refractivity contribution is 5.89. The second kappa shape index (κ2) is 5.23. The van der Waals surface area contributed by atoms with Gasteiger partial charge < -0.3 is 15.3 Å². The van der Waals surface area contributed by atoms with Crippen molar-refractivity contribution >= 4 is 5.78 Å². The molecule has 1 heterocycles. The lowest BCUT2D eigenvalue weighted by Gasteiger charge is -2.06. The topological polar surface area (TPSA) is 90.3 Å². The van der Waals surface area contributed by atoms with E-state index in [1.165, 1.54) is 0 Å². The van der Waals surface area contributed by atoms with E-state index in [1.54, 1.807) is 0 Å². The van der Waals surface area contributed by atoms with E-state index in [1.807, 2.05) is 0 Å². The average molecular weight is 232 g/mol. The van der Waals surface area contributed by atoms with E-state index in [9.17, 15) is 15.0 Å². The maximum Gasteiger partial charge on any atom is 0.287 e. The Bertz CT molecular complexity index is 255. The SMILES string of the molecule is CCCCCCCC(=O)C1(O)OC1(O)CO. The molecule has 5 heteroatoms. The zero-order valence-electron chi connectivity index (χ0n) is 9.61. The minimum Gasteiger partial charge on any atom is -0.391 e. The first-order valence-corrected chi connectivity index (χ1v) is 5.79. The van der Waals surface area contributed by atoms with Gasteiger partial charge in [-0.05, 0) is 6.42 Å². The summed E-state index contributed by atoms with van der Waals surface area (Å²) in [4.78, 5) is 11.5. The van der Waals surface area contributed by atoms with Crippen LogP contribution in [0, 0.1) is 0 Å². The Hall–Kier alpha value is -0.490. The number of Topliss-reactive ketones (excluding diaryl/α,β-unsaturated/α-hetero) is 1. The molecule has 1 saturated heterocycles. The van der Waals surface area contributed by atoms with Gasteiger partial charge in [0.15, 0.2) is 5.78 Å². The van der Waals surface area contributed by atoms with Crippen LogP contribution in [0.2, 0.25) is 0 Å². The Kier molecular flexibility index (Phi) is 4.43. The highest BCUT2D eigenvalue weighted by Gasteiger charge is 2.74. The number of ether oxygens (including phenoxy) is 1. The van der Waals surface area contributed by atoms with Crippen LogP contribution in [0.1, 0.15) is 45.4 Å². The molecular formula is C11H20O5. The second-order valence-corrected chi connectivity index (χ2v) is 4.28. The molecule has 0 aromatic rings. The number of unbranched alkanes of at least 4 members (excludes halogenated alkanes) is 4. The van der Waals surface area contributed by atoms with Crippen LogP contribution >= 0.6 is 0 Å². The van der Waals surface area contributed by atoms with Crippen LogP contribution in [-0.4, -0.2) is 39.3 Å². The number of hydrogen-bond donors (Lipinski definition) is 3. The molecule has 94 valence electrons. The van der Waals surface area contributed by atoms with Gasteiger partial charge >= 0.3 is 0 Å². The van der Waals surface area contributed by atoms with Crippen LogP contribution in [0.4, 0.5) is 0 Å². The number of aliphatic hydroxyl groups is 3. The Labute approximate surface area is 95.0 Å². The number of ketones is 1. The number of hydrogen-bond acceptors (Lipinski definition) is 5. The van der Waals surface area contributed by atoms with Gasteiger partial charge in [-0.2, -0.15) is 0 Å². The number of epoxide rings is 1. The van der Waals surface area contributed by atoms with Crippen molar-refractivity contribution in [1.82, 2.24) is 0 Å². The molecule has 1 fully saturated rings. The first-order valence-electron chi connectivity index (χ1n) is 5.79. The largest absolute Gasteiger partial charge is 0.391 e. The highest BCUT2D eigenvalue weighted by atomic mass is 16.8. The van der Waals surface area contributed by atoms with Crippen molar-refractivity contribution in [2.75, 3.05) is 6.61 Å². The molecule has 0 aromatic heterocycles. The van der Waals surface area contributed by atoms with E-state index in [0.717, 1.165) is 25.7 Å². The summed E-state index contributed by atoms with van der Waals surface area (Å²) < 4.78 is 4.49. The van der Waals surface area contributed by atoms with Crippen LogP contribution in [-0.2, 0) is 9.53 Å². The number of carbonyl (C=O) groups excluding carboxylic acids is 1. The fourth-order valence-electron chi connectivity index (χ4n) is 1.69.